The lowest BCUT2D eigenvalue weighted by Gasteiger charge is -2.31. The van der Waals surface area contributed by atoms with E-state index in [-0.39, 0.29) is 17.8 Å². The van der Waals surface area contributed by atoms with E-state index in [9.17, 15) is 22.4 Å². The van der Waals surface area contributed by atoms with Crippen molar-refractivity contribution >= 4 is 39.1 Å². The van der Waals surface area contributed by atoms with Crippen molar-refractivity contribution in [3.8, 4) is 0 Å². The van der Waals surface area contributed by atoms with Gasteiger partial charge < -0.3 is 10.2 Å². The van der Waals surface area contributed by atoms with Crippen LogP contribution in [0, 0.1) is 5.82 Å². The lowest BCUT2D eigenvalue weighted by molar-refractivity contribution is -0.139. The van der Waals surface area contributed by atoms with Crippen LogP contribution in [0.4, 0.5) is 10.1 Å². The van der Waals surface area contributed by atoms with Gasteiger partial charge in [0.25, 0.3) is 0 Å². The Morgan fingerprint density at radius 1 is 1.17 bits per heavy atom. The highest BCUT2D eigenvalue weighted by atomic mass is 35.5. The SMILES string of the molecule is CNC(=O)[C@H](C)N(Cc1ccccc1F)C(=O)CN(c1cccc(Cl)c1)S(C)(=O)=O. The van der Waals surface area contributed by atoms with Gasteiger partial charge in [-0.05, 0) is 31.2 Å². The summed E-state index contributed by atoms with van der Waals surface area (Å²) >= 11 is 5.96. The lowest BCUT2D eigenvalue weighted by atomic mass is 10.1. The molecule has 1 atom stereocenters. The van der Waals surface area contributed by atoms with Crippen LogP contribution < -0.4 is 9.62 Å². The number of amides is 2. The molecule has 0 saturated heterocycles. The quantitative estimate of drug-likeness (QED) is 0.662. The van der Waals surface area contributed by atoms with E-state index in [1.165, 1.54) is 44.3 Å². The summed E-state index contributed by atoms with van der Waals surface area (Å²) in [5.41, 5.74) is 0.409. The number of carbonyl (C=O) groups is 2. The van der Waals surface area contributed by atoms with Gasteiger partial charge in [-0.1, -0.05) is 35.9 Å². The van der Waals surface area contributed by atoms with Gasteiger partial charge in [0.15, 0.2) is 0 Å². The molecule has 0 aliphatic heterocycles. The van der Waals surface area contributed by atoms with Crippen molar-refractivity contribution in [2.75, 3.05) is 24.2 Å². The number of halogens is 2. The summed E-state index contributed by atoms with van der Waals surface area (Å²) in [6, 6.07) is 11.0. The molecule has 30 heavy (non-hydrogen) atoms. The lowest BCUT2D eigenvalue weighted by Crippen LogP contribution is -2.50. The van der Waals surface area contributed by atoms with Crippen molar-refractivity contribution in [1.82, 2.24) is 10.2 Å². The van der Waals surface area contributed by atoms with E-state index in [1.54, 1.807) is 18.2 Å². The average Bonchev–Trinajstić information content (AvgIpc) is 2.69. The minimum absolute atomic E-state index is 0.201. The van der Waals surface area contributed by atoms with Crippen molar-refractivity contribution in [3.63, 3.8) is 0 Å². The first kappa shape index (κ1) is 23.6. The van der Waals surface area contributed by atoms with Gasteiger partial charge in [-0.15, -0.1) is 0 Å². The first-order valence-corrected chi connectivity index (χ1v) is 11.2. The van der Waals surface area contributed by atoms with Gasteiger partial charge in [0, 0.05) is 24.2 Å². The van der Waals surface area contributed by atoms with Crippen LogP contribution in [0.5, 0.6) is 0 Å². The molecule has 0 aliphatic carbocycles. The standard InChI is InChI=1S/C20H23ClFN3O4S/c1-14(20(27)23-2)24(12-15-7-4-5-10-18(15)22)19(26)13-25(30(3,28)29)17-9-6-8-16(21)11-17/h4-11,14H,12-13H2,1-3H3,(H,23,27)/t14-/m0/s1. The molecule has 1 N–H and O–H groups in total. The van der Waals surface area contributed by atoms with Gasteiger partial charge in [-0.25, -0.2) is 12.8 Å². The number of benzene rings is 2. The van der Waals surface area contributed by atoms with Crippen LogP contribution in [0.3, 0.4) is 0 Å². The molecule has 2 aromatic rings. The van der Waals surface area contributed by atoms with Crippen molar-refractivity contribution in [2.24, 2.45) is 0 Å². The Balaban J connectivity index is 2.40. The molecule has 0 bridgehead atoms. The van der Waals surface area contributed by atoms with Gasteiger partial charge in [0.05, 0.1) is 11.9 Å². The fraction of sp³-hybridized carbons (Fsp3) is 0.300. The molecule has 2 rings (SSSR count). The third kappa shape index (κ3) is 5.93. The second-order valence-electron chi connectivity index (χ2n) is 6.65. The largest absolute Gasteiger partial charge is 0.357 e. The Morgan fingerprint density at radius 2 is 1.83 bits per heavy atom. The summed E-state index contributed by atoms with van der Waals surface area (Å²) in [5.74, 6) is -1.66. The molecule has 10 heteroatoms. The molecule has 0 aromatic heterocycles. The highest BCUT2D eigenvalue weighted by Crippen LogP contribution is 2.22. The number of hydrogen-bond acceptors (Lipinski definition) is 4. The second kappa shape index (κ2) is 9.90. The summed E-state index contributed by atoms with van der Waals surface area (Å²) in [7, 11) is -2.43. The first-order chi connectivity index (χ1) is 14.0. The van der Waals surface area contributed by atoms with Crippen LogP contribution in [-0.2, 0) is 26.2 Å². The smallest absolute Gasteiger partial charge is 0.244 e. The second-order valence-corrected chi connectivity index (χ2v) is 9.00. The van der Waals surface area contributed by atoms with Crippen molar-refractivity contribution in [1.29, 1.82) is 0 Å². The van der Waals surface area contributed by atoms with E-state index in [0.717, 1.165) is 15.5 Å². The van der Waals surface area contributed by atoms with E-state index >= 15 is 0 Å². The summed E-state index contributed by atoms with van der Waals surface area (Å²) in [6.45, 7) is 0.712. The monoisotopic (exact) mass is 455 g/mol. The van der Waals surface area contributed by atoms with Crippen LogP contribution in [0.15, 0.2) is 48.5 Å². The molecule has 2 aromatic carbocycles. The molecule has 2 amide bonds. The van der Waals surface area contributed by atoms with E-state index in [1.807, 2.05) is 0 Å². The third-order valence-electron chi connectivity index (χ3n) is 4.49. The molecule has 0 heterocycles. The Morgan fingerprint density at radius 3 is 2.40 bits per heavy atom. The van der Waals surface area contributed by atoms with Crippen molar-refractivity contribution in [3.05, 3.63) is 64.9 Å². The Labute approximate surface area is 180 Å². The molecular formula is C20H23ClFN3O4S. The van der Waals surface area contributed by atoms with Crippen molar-refractivity contribution < 1.29 is 22.4 Å². The van der Waals surface area contributed by atoms with Crippen LogP contribution in [0.2, 0.25) is 5.02 Å². The highest BCUT2D eigenvalue weighted by Gasteiger charge is 2.30. The van der Waals surface area contributed by atoms with Crippen LogP contribution in [-0.4, -0.2) is 51.0 Å². The number of nitrogens with zero attached hydrogens (tertiary/aromatic N) is 2. The van der Waals surface area contributed by atoms with Gasteiger partial charge in [0.1, 0.15) is 18.4 Å². The van der Waals surface area contributed by atoms with Crippen LogP contribution in [0.25, 0.3) is 0 Å². The zero-order chi connectivity index (χ0) is 22.5. The van der Waals surface area contributed by atoms with E-state index in [0.29, 0.717) is 5.02 Å². The zero-order valence-electron chi connectivity index (χ0n) is 16.8. The summed E-state index contributed by atoms with van der Waals surface area (Å²) in [4.78, 5) is 26.4. The van der Waals surface area contributed by atoms with Gasteiger partial charge in [-0.3, -0.25) is 13.9 Å². The Bertz CT molecular complexity index is 1030. The van der Waals surface area contributed by atoms with Crippen LogP contribution in [0.1, 0.15) is 12.5 Å². The van der Waals surface area contributed by atoms with Gasteiger partial charge in [-0.2, -0.15) is 0 Å². The number of sulfonamides is 1. The van der Waals surface area contributed by atoms with Gasteiger partial charge in [0.2, 0.25) is 21.8 Å². The summed E-state index contributed by atoms with van der Waals surface area (Å²) in [6.07, 6.45) is 0.963. The van der Waals surface area contributed by atoms with E-state index in [2.05, 4.69) is 5.32 Å². The molecular weight excluding hydrogens is 433 g/mol. The molecule has 0 fully saturated rings. The minimum Gasteiger partial charge on any atom is -0.357 e. The maximum atomic E-state index is 14.2. The number of anilines is 1. The predicted octanol–water partition coefficient (Wildman–Crippen LogP) is 2.41. The van der Waals surface area contributed by atoms with Crippen molar-refractivity contribution in [2.45, 2.75) is 19.5 Å². The molecule has 0 unspecified atom stereocenters. The van der Waals surface area contributed by atoms with Crippen LogP contribution >= 0.6 is 11.6 Å². The molecule has 0 spiro atoms. The normalized spacial score (nSPS) is 12.2. The number of nitrogens with one attached hydrogen (secondary N) is 1. The summed E-state index contributed by atoms with van der Waals surface area (Å²) in [5, 5.41) is 2.75. The van der Waals surface area contributed by atoms with E-state index < -0.39 is 40.2 Å². The number of carbonyl (C=O) groups excluding carboxylic acids is 2. The number of likely N-dealkylation sites (N-methyl/N-ethyl adjacent to an activating group) is 1. The Kier molecular flexibility index (Phi) is 7.80. The molecule has 162 valence electrons. The fourth-order valence-corrected chi connectivity index (χ4v) is 3.87. The minimum atomic E-state index is -3.84. The molecule has 7 nitrogen and oxygen atoms in total. The summed E-state index contributed by atoms with van der Waals surface area (Å²) < 4.78 is 39.7. The fourth-order valence-electron chi connectivity index (χ4n) is 2.85. The average molecular weight is 456 g/mol. The third-order valence-corrected chi connectivity index (χ3v) is 5.86. The predicted molar refractivity (Wildman–Crippen MR) is 114 cm³/mol. The molecule has 0 radical (unpaired) electrons. The maximum Gasteiger partial charge on any atom is 0.244 e. The molecule has 0 saturated carbocycles. The van der Waals surface area contributed by atoms with Gasteiger partial charge >= 0.3 is 0 Å². The molecule has 0 aliphatic rings. The Hall–Kier alpha value is -2.65. The zero-order valence-corrected chi connectivity index (χ0v) is 18.4. The number of rotatable bonds is 8. The maximum absolute atomic E-state index is 14.2. The number of hydrogen-bond donors (Lipinski definition) is 1. The van der Waals surface area contributed by atoms with E-state index in [4.69, 9.17) is 11.6 Å². The highest BCUT2D eigenvalue weighted by molar-refractivity contribution is 7.92. The topological polar surface area (TPSA) is 86.8 Å². The first-order valence-electron chi connectivity index (χ1n) is 9.02.